The number of Topliss-reactive ketones (excluding diaryl/α,β-unsaturated/α-hetero) is 1. The number of hydrogen-bond donors (Lipinski definition) is 0. The van der Waals surface area contributed by atoms with Crippen LogP contribution in [0.25, 0.3) is 10.4 Å². The first-order valence-electron chi connectivity index (χ1n) is 11.6. The maximum absolute atomic E-state index is 12.3. The van der Waals surface area contributed by atoms with E-state index in [1.807, 2.05) is 17.5 Å². The lowest BCUT2D eigenvalue weighted by molar-refractivity contribution is -0.119. The van der Waals surface area contributed by atoms with Crippen molar-refractivity contribution in [1.82, 2.24) is 14.8 Å². The van der Waals surface area contributed by atoms with Gasteiger partial charge in [0.15, 0.2) is 0 Å². The molecule has 30 heavy (non-hydrogen) atoms. The van der Waals surface area contributed by atoms with Crippen LogP contribution in [-0.2, 0) is 11.2 Å². The molecule has 2 saturated heterocycles. The molecular weight excluding hydrogens is 390 g/mol. The second-order valence-electron chi connectivity index (χ2n) is 9.20. The van der Waals surface area contributed by atoms with Crippen molar-refractivity contribution in [2.24, 2.45) is 0 Å². The number of piperidine rings is 1. The van der Waals surface area contributed by atoms with Gasteiger partial charge in [-0.2, -0.15) is 0 Å². The molecule has 4 nitrogen and oxygen atoms in total. The molecule has 0 unspecified atom stereocenters. The van der Waals surface area contributed by atoms with E-state index in [2.05, 4.69) is 47.9 Å². The number of benzene rings is 1. The second kappa shape index (κ2) is 10.2. The third kappa shape index (κ3) is 5.57. The van der Waals surface area contributed by atoms with Crippen molar-refractivity contribution in [3.63, 3.8) is 0 Å². The highest BCUT2D eigenvalue weighted by atomic mass is 32.1. The molecule has 2 aliphatic rings. The molecule has 0 amide bonds. The maximum Gasteiger partial charge on any atom is 0.134 e. The predicted molar refractivity (Wildman–Crippen MR) is 125 cm³/mol. The summed E-state index contributed by atoms with van der Waals surface area (Å²) >= 11 is 1.83. The quantitative estimate of drug-likeness (QED) is 0.567. The van der Waals surface area contributed by atoms with E-state index in [-0.39, 0.29) is 0 Å². The van der Waals surface area contributed by atoms with Crippen LogP contribution in [0.15, 0.2) is 30.5 Å². The van der Waals surface area contributed by atoms with Gasteiger partial charge in [0.25, 0.3) is 0 Å². The van der Waals surface area contributed by atoms with Crippen LogP contribution in [0, 0.1) is 0 Å². The summed E-state index contributed by atoms with van der Waals surface area (Å²) in [5.41, 5.74) is 2.49. The van der Waals surface area contributed by atoms with Crippen LogP contribution in [-0.4, -0.2) is 59.3 Å². The van der Waals surface area contributed by atoms with Gasteiger partial charge in [0.05, 0.1) is 9.88 Å². The van der Waals surface area contributed by atoms with Crippen LogP contribution in [0.3, 0.4) is 0 Å². The van der Waals surface area contributed by atoms with E-state index >= 15 is 0 Å². The highest BCUT2D eigenvalue weighted by molar-refractivity contribution is 7.15. The lowest BCUT2D eigenvalue weighted by Gasteiger charge is -2.41. The fraction of sp³-hybridized carbons (Fsp3) is 0.600. The molecule has 0 radical (unpaired) electrons. The molecule has 1 aromatic carbocycles. The Balaban J connectivity index is 1.23. The van der Waals surface area contributed by atoms with Gasteiger partial charge in [-0.3, -0.25) is 9.69 Å². The Labute approximate surface area is 185 Å². The zero-order valence-electron chi connectivity index (χ0n) is 18.5. The molecule has 0 atom stereocenters. The van der Waals surface area contributed by atoms with Crippen LogP contribution < -0.4 is 0 Å². The average Bonchev–Trinajstić information content (AvgIpc) is 3.20. The van der Waals surface area contributed by atoms with Gasteiger partial charge in [0.2, 0.25) is 0 Å². The van der Waals surface area contributed by atoms with E-state index in [4.69, 9.17) is 4.98 Å². The van der Waals surface area contributed by atoms with Gasteiger partial charge in [-0.05, 0) is 57.3 Å². The molecule has 0 N–H and O–H groups in total. The topological polar surface area (TPSA) is 36.4 Å². The minimum Gasteiger partial charge on any atom is -0.303 e. The van der Waals surface area contributed by atoms with E-state index in [9.17, 15) is 4.79 Å². The normalized spacial score (nSPS) is 18.6. The van der Waals surface area contributed by atoms with Gasteiger partial charge >= 0.3 is 0 Å². The van der Waals surface area contributed by atoms with Crippen molar-refractivity contribution in [1.29, 1.82) is 0 Å². The van der Waals surface area contributed by atoms with Gasteiger partial charge in [0, 0.05) is 50.6 Å². The SMILES string of the molecule is CC(C)N1CC(c2ncc(-c3ccc(CCC(=O)CCN4CCCCC4)cc3)s2)C1. The Bertz CT molecular complexity index is 817. The summed E-state index contributed by atoms with van der Waals surface area (Å²) in [6.07, 6.45) is 8.17. The van der Waals surface area contributed by atoms with Crippen molar-refractivity contribution in [2.45, 2.75) is 64.3 Å². The Morgan fingerprint density at radius 1 is 1.10 bits per heavy atom. The van der Waals surface area contributed by atoms with Crippen molar-refractivity contribution < 1.29 is 4.79 Å². The molecular formula is C25H35N3OS. The third-order valence-corrected chi connectivity index (χ3v) is 7.81. The molecule has 3 heterocycles. The molecule has 1 aromatic heterocycles. The molecule has 0 aliphatic carbocycles. The largest absolute Gasteiger partial charge is 0.303 e. The van der Waals surface area contributed by atoms with Crippen LogP contribution in [0.1, 0.15) is 62.4 Å². The molecule has 2 aromatic rings. The number of carbonyl (C=O) groups excluding carboxylic acids is 1. The number of aromatic nitrogens is 1. The zero-order chi connectivity index (χ0) is 20.9. The first-order valence-corrected chi connectivity index (χ1v) is 12.4. The molecule has 162 valence electrons. The van der Waals surface area contributed by atoms with E-state index < -0.39 is 0 Å². The molecule has 5 heteroatoms. The summed E-state index contributed by atoms with van der Waals surface area (Å²) in [7, 11) is 0. The number of aryl methyl sites for hydroxylation is 1. The van der Waals surface area contributed by atoms with Crippen molar-refractivity contribution >= 4 is 17.1 Å². The Kier molecular flexibility index (Phi) is 7.34. The monoisotopic (exact) mass is 425 g/mol. The maximum atomic E-state index is 12.3. The summed E-state index contributed by atoms with van der Waals surface area (Å²) in [5.74, 6) is 0.995. The van der Waals surface area contributed by atoms with E-state index in [1.165, 1.54) is 53.4 Å². The Hall–Kier alpha value is -1.56. The van der Waals surface area contributed by atoms with Crippen LogP contribution in [0.5, 0.6) is 0 Å². The molecule has 0 saturated carbocycles. The van der Waals surface area contributed by atoms with Gasteiger partial charge < -0.3 is 4.90 Å². The van der Waals surface area contributed by atoms with Gasteiger partial charge in [-0.15, -0.1) is 11.3 Å². The lowest BCUT2D eigenvalue weighted by atomic mass is 9.99. The highest BCUT2D eigenvalue weighted by Gasteiger charge is 2.31. The summed E-state index contributed by atoms with van der Waals surface area (Å²) in [6.45, 7) is 10.1. The standard InChI is InChI=1S/C25H35N3OS/c1-19(2)28-17-22(18-28)25-26-16-24(30-25)21-9-6-20(7-10-21)8-11-23(29)12-15-27-13-4-3-5-14-27/h6-7,9-10,16,19,22H,3-5,8,11-15,17-18H2,1-2H3. The van der Waals surface area contributed by atoms with E-state index in [1.54, 1.807) is 0 Å². The van der Waals surface area contributed by atoms with Gasteiger partial charge in [-0.1, -0.05) is 30.7 Å². The summed E-state index contributed by atoms with van der Waals surface area (Å²) < 4.78 is 0. The third-order valence-electron chi connectivity index (χ3n) is 6.60. The lowest BCUT2D eigenvalue weighted by Crippen LogP contribution is -2.48. The Morgan fingerprint density at radius 3 is 2.53 bits per heavy atom. The number of likely N-dealkylation sites (tertiary alicyclic amines) is 2. The fourth-order valence-corrected chi connectivity index (χ4v) is 5.42. The molecule has 4 rings (SSSR count). The highest BCUT2D eigenvalue weighted by Crippen LogP contribution is 2.35. The minimum atomic E-state index is 0.396. The predicted octanol–water partition coefficient (Wildman–Crippen LogP) is 5.00. The first-order chi connectivity index (χ1) is 14.6. The van der Waals surface area contributed by atoms with Crippen LogP contribution >= 0.6 is 11.3 Å². The van der Waals surface area contributed by atoms with Crippen molar-refractivity contribution in [3.8, 4) is 10.4 Å². The van der Waals surface area contributed by atoms with Crippen LogP contribution in [0.2, 0.25) is 0 Å². The number of thiazole rings is 1. The molecule has 0 spiro atoms. The number of ketones is 1. The summed E-state index contributed by atoms with van der Waals surface area (Å²) in [6, 6.07) is 9.36. The average molecular weight is 426 g/mol. The molecule has 2 aliphatic heterocycles. The summed E-state index contributed by atoms with van der Waals surface area (Å²) in [4.78, 5) is 23.2. The van der Waals surface area contributed by atoms with Crippen molar-refractivity contribution in [3.05, 3.63) is 41.0 Å². The number of hydrogen-bond acceptors (Lipinski definition) is 5. The van der Waals surface area contributed by atoms with Crippen LogP contribution in [0.4, 0.5) is 0 Å². The van der Waals surface area contributed by atoms with Crippen molar-refractivity contribution in [2.75, 3.05) is 32.7 Å². The second-order valence-corrected chi connectivity index (χ2v) is 10.3. The Morgan fingerprint density at radius 2 is 1.83 bits per heavy atom. The van der Waals surface area contributed by atoms with Gasteiger partial charge in [0.1, 0.15) is 5.78 Å². The fourth-order valence-electron chi connectivity index (χ4n) is 4.41. The smallest absolute Gasteiger partial charge is 0.134 e. The molecule has 0 bridgehead atoms. The summed E-state index contributed by atoms with van der Waals surface area (Å²) in [5, 5.41) is 1.27. The van der Waals surface area contributed by atoms with Gasteiger partial charge in [-0.25, -0.2) is 4.98 Å². The minimum absolute atomic E-state index is 0.396. The van der Waals surface area contributed by atoms with E-state index in [0.29, 0.717) is 30.6 Å². The first kappa shape index (κ1) is 21.7. The van der Waals surface area contributed by atoms with E-state index in [0.717, 1.165) is 26.1 Å². The zero-order valence-corrected chi connectivity index (χ0v) is 19.3. The molecule has 2 fully saturated rings. The number of rotatable bonds is 9. The number of carbonyl (C=O) groups is 1. The number of nitrogens with zero attached hydrogens (tertiary/aromatic N) is 3.